The maximum Gasteiger partial charge on any atom is 0.236 e. The molecule has 0 fully saturated rings. The molecule has 0 radical (unpaired) electrons. The molecule has 0 heterocycles. The minimum atomic E-state index is -0.413. The van der Waals surface area contributed by atoms with Crippen LogP contribution in [0.5, 0.6) is 0 Å². The molecule has 0 rings (SSSR count). The highest BCUT2D eigenvalue weighted by atomic mass is 16.5. The molecule has 6 nitrogen and oxygen atoms in total. The molecule has 18 heavy (non-hydrogen) atoms. The van der Waals surface area contributed by atoms with E-state index in [-0.39, 0.29) is 17.9 Å². The highest BCUT2D eigenvalue weighted by molar-refractivity contribution is 5.84. The van der Waals surface area contributed by atoms with Crippen molar-refractivity contribution in [2.45, 2.75) is 39.3 Å². The summed E-state index contributed by atoms with van der Waals surface area (Å²) in [5.41, 5.74) is 0. The van der Waals surface area contributed by atoms with E-state index in [4.69, 9.17) is 4.74 Å². The zero-order chi connectivity index (χ0) is 14.0. The Morgan fingerprint density at radius 1 is 1.06 bits per heavy atom. The van der Waals surface area contributed by atoms with E-state index < -0.39 is 6.04 Å². The first-order valence-corrected chi connectivity index (χ1v) is 6.33. The van der Waals surface area contributed by atoms with Crippen molar-refractivity contribution >= 4 is 11.8 Å². The molecule has 0 bridgehead atoms. The van der Waals surface area contributed by atoms with E-state index >= 15 is 0 Å². The molecule has 0 aromatic heterocycles. The van der Waals surface area contributed by atoms with Gasteiger partial charge in [0, 0.05) is 20.2 Å². The van der Waals surface area contributed by atoms with Gasteiger partial charge < -0.3 is 15.4 Å². The second-order valence-electron chi connectivity index (χ2n) is 4.18. The summed E-state index contributed by atoms with van der Waals surface area (Å²) in [7, 11) is 1.58. The zero-order valence-corrected chi connectivity index (χ0v) is 11.7. The molecular formula is C12H25N3O3. The van der Waals surface area contributed by atoms with Crippen LogP contribution in [0.2, 0.25) is 0 Å². The lowest BCUT2D eigenvalue weighted by atomic mass is 10.2. The molecule has 0 saturated heterocycles. The molecule has 2 unspecified atom stereocenters. The molecule has 2 amide bonds. The first kappa shape index (κ1) is 16.9. The minimum absolute atomic E-state index is 0.0895. The molecule has 106 valence electrons. The molecule has 0 aliphatic rings. The predicted molar refractivity (Wildman–Crippen MR) is 70.2 cm³/mol. The topological polar surface area (TPSA) is 79.5 Å². The van der Waals surface area contributed by atoms with Crippen LogP contribution in [0.3, 0.4) is 0 Å². The number of hydrogen-bond acceptors (Lipinski definition) is 4. The highest BCUT2D eigenvalue weighted by Crippen LogP contribution is 1.89. The normalized spacial score (nSPS) is 13.8. The van der Waals surface area contributed by atoms with Gasteiger partial charge in [-0.05, 0) is 20.3 Å². The SMILES string of the molecule is CCCNC(=O)C(C)NC(C)C(=O)NCCOC. The fourth-order valence-electron chi connectivity index (χ4n) is 1.36. The number of carbonyl (C=O) groups excluding carboxylic acids is 2. The first-order chi connectivity index (χ1) is 8.52. The molecule has 0 spiro atoms. The lowest BCUT2D eigenvalue weighted by Crippen LogP contribution is -2.51. The van der Waals surface area contributed by atoms with Crippen LogP contribution >= 0.6 is 0 Å². The van der Waals surface area contributed by atoms with E-state index in [2.05, 4.69) is 16.0 Å². The van der Waals surface area contributed by atoms with Gasteiger partial charge in [0.15, 0.2) is 0 Å². The van der Waals surface area contributed by atoms with E-state index in [1.54, 1.807) is 21.0 Å². The van der Waals surface area contributed by atoms with E-state index in [0.717, 1.165) is 6.42 Å². The smallest absolute Gasteiger partial charge is 0.236 e. The van der Waals surface area contributed by atoms with Crippen LogP contribution in [0.25, 0.3) is 0 Å². The van der Waals surface area contributed by atoms with Crippen LogP contribution in [0, 0.1) is 0 Å². The van der Waals surface area contributed by atoms with Crippen molar-refractivity contribution in [2.75, 3.05) is 26.8 Å². The monoisotopic (exact) mass is 259 g/mol. The highest BCUT2D eigenvalue weighted by Gasteiger charge is 2.18. The lowest BCUT2D eigenvalue weighted by molar-refractivity contribution is -0.125. The number of hydrogen-bond donors (Lipinski definition) is 3. The van der Waals surface area contributed by atoms with Crippen molar-refractivity contribution in [1.82, 2.24) is 16.0 Å². The van der Waals surface area contributed by atoms with E-state index in [1.807, 2.05) is 6.92 Å². The number of methoxy groups -OCH3 is 1. The van der Waals surface area contributed by atoms with Gasteiger partial charge >= 0.3 is 0 Å². The van der Waals surface area contributed by atoms with Crippen molar-refractivity contribution in [3.8, 4) is 0 Å². The van der Waals surface area contributed by atoms with Crippen molar-refractivity contribution in [1.29, 1.82) is 0 Å². The van der Waals surface area contributed by atoms with Crippen LogP contribution in [-0.2, 0) is 14.3 Å². The largest absolute Gasteiger partial charge is 0.383 e. The van der Waals surface area contributed by atoms with Crippen LogP contribution in [-0.4, -0.2) is 50.7 Å². The number of carbonyl (C=O) groups is 2. The van der Waals surface area contributed by atoms with Gasteiger partial charge in [-0.2, -0.15) is 0 Å². The van der Waals surface area contributed by atoms with Crippen molar-refractivity contribution in [2.24, 2.45) is 0 Å². The molecule has 3 N–H and O–H groups in total. The maximum atomic E-state index is 11.6. The van der Waals surface area contributed by atoms with Crippen molar-refractivity contribution in [3.63, 3.8) is 0 Å². The van der Waals surface area contributed by atoms with Crippen molar-refractivity contribution < 1.29 is 14.3 Å². The van der Waals surface area contributed by atoms with Gasteiger partial charge in [0.1, 0.15) is 0 Å². The van der Waals surface area contributed by atoms with Crippen LogP contribution < -0.4 is 16.0 Å². The number of ether oxygens (including phenoxy) is 1. The fraction of sp³-hybridized carbons (Fsp3) is 0.833. The van der Waals surface area contributed by atoms with E-state index in [9.17, 15) is 9.59 Å². The summed E-state index contributed by atoms with van der Waals surface area (Å²) < 4.78 is 4.84. The van der Waals surface area contributed by atoms with Crippen LogP contribution in [0.15, 0.2) is 0 Å². The molecule has 0 aliphatic carbocycles. The number of amides is 2. The van der Waals surface area contributed by atoms with E-state index in [1.165, 1.54) is 0 Å². The molecule has 0 saturated carbocycles. The summed E-state index contributed by atoms with van der Waals surface area (Å²) in [5, 5.41) is 8.44. The minimum Gasteiger partial charge on any atom is -0.383 e. The van der Waals surface area contributed by atoms with E-state index in [0.29, 0.717) is 19.7 Å². The Balaban J connectivity index is 3.93. The van der Waals surface area contributed by atoms with Gasteiger partial charge in [0.2, 0.25) is 11.8 Å². The summed E-state index contributed by atoms with van der Waals surface area (Å²) in [5.74, 6) is -0.226. The second kappa shape index (κ2) is 9.85. The summed E-state index contributed by atoms with van der Waals surface area (Å²) in [6, 6.07) is -0.802. The fourth-order valence-corrected chi connectivity index (χ4v) is 1.36. The summed E-state index contributed by atoms with van der Waals surface area (Å²) in [4.78, 5) is 23.2. The molecule has 0 aliphatic heterocycles. The number of rotatable bonds is 9. The molecule has 2 atom stereocenters. The molecule has 6 heteroatoms. The lowest BCUT2D eigenvalue weighted by Gasteiger charge is -2.19. The zero-order valence-electron chi connectivity index (χ0n) is 11.7. The summed E-state index contributed by atoms with van der Waals surface area (Å²) in [6.07, 6.45) is 0.894. The van der Waals surface area contributed by atoms with Gasteiger partial charge in [-0.25, -0.2) is 0 Å². The molecular weight excluding hydrogens is 234 g/mol. The second-order valence-corrected chi connectivity index (χ2v) is 4.18. The standard InChI is InChI=1S/C12H25N3O3/c1-5-6-13-11(16)9(2)15-10(3)12(17)14-7-8-18-4/h9-10,15H,5-8H2,1-4H3,(H,13,16)(H,14,17). The van der Waals surface area contributed by atoms with Crippen molar-refractivity contribution in [3.05, 3.63) is 0 Å². The predicted octanol–water partition coefficient (Wildman–Crippen LogP) is -0.358. The van der Waals surface area contributed by atoms with Gasteiger partial charge in [-0.1, -0.05) is 6.92 Å². The Labute approximate surface area is 109 Å². The third kappa shape index (κ3) is 7.24. The Kier molecular flexibility index (Phi) is 9.22. The van der Waals surface area contributed by atoms with Gasteiger partial charge in [0.05, 0.1) is 18.7 Å². The van der Waals surface area contributed by atoms with Gasteiger partial charge in [-0.3, -0.25) is 14.9 Å². The maximum absolute atomic E-state index is 11.6. The van der Waals surface area contributed by atoms with Gasteiger partial charge in [0.25, 0.3) is 0 Å². The Morgan fingerprint density at radius 2 is 1.56 bits per heavy atom. The van der Waals surface area contributed by atoms with Gasteiger partial charge in [-0.15, -0.1) is 0 Å². The van der Waals surface area contributed by atoms with Crippen LogP contribution in [0.1, 0.15) is 27.2 Å². The Bertz CT molecular complexity index is 259. The Hall–Kier alpha value is -1.14. The van der Waals surface area contributed by atoms with Crippen LogP contribution in [0.4, 0.5) is 0 Å². The third-order valence-electron chi connectivity index (χ3n) is 2.44. The third-order valence-corrected chi connectivity index (χ3v) is 2.44. The summed E-state index contributed by atoms with van der Waals surface area (Å²) in [6.45, 7) is 7.06. The molecule has 0 aromatic carbocycles. The quantitative estimate of drug-likeness (QED) is 0.494. The number of nitrogens with one attached hydrogen (secondary N) is 3. The average molecular weight is 259 g/mol. The average Bonchev–Trinajstić information content (AvgIpc) is 2.35. The first-order valence-electron chi connectivity index (χ1n) is 6.33. The molecule has 0 aromatic rings. The summed E-state index contributed by atoms with van der Waals surface area (Å²) >= 11 is 0. The Morgan fingerprint density at radius 3 is 2.00 bits per heavy atom.